The lowest BCUT2D eigenvalue weighted by atomic mass is 10.2. The zero-order chi connectivity index (χ0) is 13.2. The summed E-state index contributed by atoms with van der Waals surface area (Å²) in [5.74, 6) is 0. The van der Waals surface area contributed by atoms with Crippen LogP contribution in [0, 0.1) is 0 Å². The Morgan fingerprint density at radius 1 is 1.11 bits per heavy atom. The molecule has 1 heterocycles. The van der Waals surface area contributed by atoms with Crippen LogP contribution in [0.15, 0.2) is 23.1 Å². The van der Waals surface area contributed by atoms with Crippen LogP contribution in [0.3, 0.4) is 0 Å². The van der Waals surface area contributed by atoms with E-state index in [1.807, 2.05) is 0 Å². The quantitative estimate of drug-likeness (QED) is 0.703. The number of nitrogen functional groups attached to an aromatic ring is 1. The van der Waals surface area contributed by atoms with E-state index in [1.165, 1.54) is 18.6 Å². The first-order valence-electron chi connectivity index (χ1n) is 5.90. The second-order valence-electron chi connectivity index (χ2n) is 4.50. The molecule has 1 aliphatic heterocycles. The lowest BCUT2D eigenvalue weighted by molar-refractivity contribution is 0.273. The maximum atomic E-state index is 11.3. The number of benzene rings is 1. The Labute approximate surface area is 107 Å². The molecule has 1 fully saturated rings. The highest BCUT2D eigenvalue weighted by molar-refractivity contribution is 7.89. The van der Waals surface area contributed by atoms with Crippen molar-refractivity contribution in [1.82, 2.24) is 5.01 Å². The van der Waals surface area contributed by atoms with E-state index in [-0.39, 0.29) is 4.90 Å². The number of anilines is 2. The van der Waals surface area contributed by atoms with E-state index >= 15 is 0 Å². The topological polar surface area (TPSA) is 101 Å². The number of primary sulfonamides is 1. The van der Waals surface area contributed by atoms with Gasteiger partial charge in [0.05, 0.1) is 10.6 Å². The first kappa shape index (κ1) is 13.1. The third-order valence-electron chi connectivity index (χ3n) is 2.90. The van der Waals surface area contributed by atoms with Gasteiger partial charge in [0.15, 0.2) is 0 Å². The van der Waals surface area contributed by atoms with E-state index in [0.717, 1.165) is 25.9 Å². The summed E-state index contributed by atoms with van der Waals surface area (Å²) < 4.78 is 22.6. The molecule has 0 saturated carbocycles. The summed E-state index contributed by atoms with van der Waals surface area (Å²) in [7, 11) is -3.73. The van der Waals surface area contributed by atoms with Crippen LogP contribution < -0.4 is 16.3 Å². The summed E-state index contributed by atoms with van der Waals surface area (Å²) in [6, 6.07) is 4.56. The van der Waals surface area contributed by atoms with Gasteiger partial charge < -0.3 is 11.2 Å². The third kappa shape index (κ3) is 3.34. The molecular weight excluding hydrogens is 252 g/mol. The molecule has 0 radical (unpaired) electrons. The summed E-state index contributed by atoms with van der Waals surface area (Å²) in [6.07, 6.45) is 3.51. The zero-order valence-corrected chi connectivity index (χ0v) is 10.9. The monoisotopic (exact) mass is 270 g/mol. The Bertz CT molecular complexity index is 524. The first-order valence-corrected chi connectivity index (χ1v) is 7.45. The van der Waals surface area contributed by atoms with Crippen LogP contribution in [-0.4, -0.2) is 26.5 Å². The average molecular weight is 270 g/mol. The highest BCUT2D eigenvalue weighted by Gasteiger charge is 2.13. The van der Waals surface area contributed by atoms with Crippen molar-refractivity contribution in [1.29, 1.82) is 0 Å². The van der Waals surface area contributed by atoms with Crippen LogP contribution in [-0.2, 0) is 10.0 Å². The molecule has 2 rings (SSSR count). The Balaban J connectivity index is 2.20. The van der Waals surface area contributed by atoms with Gasteiger partial charge in [0.2, 0.25) is 10.0 Å². The molecule has 1 aromatic rings. The van der Waals surface area contributed by atoms with Crippen molar-refractivity contribution in [3.63, 3.8) is 0 Å². The minimum Gasteiger partial charge on any atom is -0.399 e. The largest absolute Gasteiger partial charge is 0.399 e. The van der Waals surface area contributed by atoms with E-state index in [9.17, 15) is 8.42 Å². The van der Waals surface area contributed by atoms with Crippen molar-refractivity contribution in [3.05, 3.63) is 18.2 Å². The van der Waals surface area contributed by atoms with Crippen molar-refractivity contribution < 1.29 is 8.42 Å². The predicted molar refractivity (Wildman–Crippen MR) is 71.3 cm³/mol. The Hall–Kier alpha value is -1.31. The van der Waals surface area contributed by atoms with Gasteiger partial charge in [-0.2, -0.15) is 0 Å². The van der Waals surface area contributed by atoms with Gasteiger partial charge in [-0.15, -0.1) is 0 Å². The highest BCUT2D eigenvalue weighted by Crippen LogP contribution is 2.21. The molecule has 0 bridgehead atoms. The molecule has 1 aliphatic rings. The van der Waals surface area contributed by atoms with E-state index in [1.54, 1.807) is 6.07 Å². The molecule has 5 N–H and O–H groups in total. The predicted octanol–water partition coefficient (Wildman–Crippen LogP) is 0.729. The first-order chi connectivity index (χ1) is 8.45. The molecule has 0 aliphatic carbocycles. The average Bonchev–Trinajstić information content (AvgIpc) is 2.28. The second kappa shape index (κ2) is 5.13. The van der Waals surface area contributed by atoms with E-state index in [0.29, 0.717) is 11.4 Å². The van der Waals surface area contributed by atoms with E-state index in [2.05, 4.69) is 10.4 Å². The summed E-state index contributed by atoms with van der Waals surface area (Å²) in [5, 5.41) is 7.16. The minimum absolute atomic E-state index is 0.0296. The fourth-order valence-electron chi connectivity index (χ4n) is 2.04. The molecule has 0 atom stereocenters. The molecule has 7 heteroatoms. The van der Waals surface area contributed by atoms with Gasteiger partial charge in [-0.05, 0) is 31.0 Å². The van der Waals surface area contributed by atoms with E-state index in [4.69, 9.17) is 10.9 Å². The van der Waals surface area contributed by atoms with Crippen molar-refractivity contribution in [2.24, 2.45) is 5.14 Å². The van der Waals surface area contributed by atoms with Crippen LogP contribution in [0.25, 0.3) is 0 Å². The Morgan fingerprint density at radius 3 is 2.39 bits per heavy atom. The normalized spacial score (nSPS) is 17.6. The van der Waals surface area contributed by atoms with Gasteiger partial charge in [0.25, 0.3) is 0 Å². The zero-order valence-electron chi connectivity index (χ0n) is 10.1. The molecule has 0 spiro atoms. The molecule has 100 valence electrons. The number of nitrogens with zero attached hydrogens (tertiary/aromatic N) is 1. The summed E-state index contributed by atoms with van der Waals surface area (Å²) >= 11 is 0. The molecule has 0 unspecified atom stereocenters. The van der Waals surface area contributed by atoms with Gasteiger partial charge in [-0.25, -0.2) is 18.6 Å². The van der Waals surface area contributed by atoms with Gasteiger partial charge in [-0.3, -0.25) is 0 Å². The van der Waals surface area contributed by atoms with Crippen LogP contribution in [0.4, 0.5) is 11.4 Å². The molecular formula is C11H18N4O2S. The van der Waals surface area contributed by atoms with Crippen LogP contribution in [0.5, 0.6) is 0 Å². The van der Waals surface area contributed by atoms with E-state index < -0.39 is 10.0 Å². The maximum absolute atomic E-state index is 11.3. The molecule has 18 heavy (non-hydrogen) atoms. The number of hydrogen-bond donors (Lipinski definition) is 3. The number of rotatable bonds is 3. The van der Waals surface area contributed by atoms with Gasteiger partial charge >= 0.3 is 0 Å². The highest BCUT2D eigenvalue weighted by atomic mass is 32.2. The number of hydrazine groups is 1. The molecule has 0 aromatic heterocycles. The summed E-state index contributed by atoms with van der Waals surface area (Å²) in [4.78, 5) is 0.0296. The van der Waals surface area contributed by atoms with Crippen molar-refractivity contribution in [3.8, 4) is 0 Å². The number of piperidine rings is 1. The minimum atomic E-state index is -3.73. The lowest BCUT2D eigenvalue weighted by Gasteiger charge is -2.28. The molecule has 0 amide bonds. The van der Waals surface area contributed by atoms with Crippen LogP contribution in [0.1, 0.15) is 19.3 Å². The lowest BCUT2D eigenvalue weighted by Crippen LogP contribution is -2.34. The standard InChI is InChI=1S/C11H18N4O2S/c12-9-6-10(8-11(7-9)18(13,16)17)14-15-4-2-1-3-5-15/h6-8,14H,1-5,12H2,(H2,13,16,17). The van der Waals surface area contributed by atoms with Crippen molar-refractivity contribution in [2.45, 2.75) is 24.2 Å². The van der Waals surface area contributed by atoms with Crippen LogP contribution in [0.2, 0.25) is 0 Å². The summed E-state index contributed by atoms with van der Waals surface area (Å²) in [5.41, 5.74) is 9.88. The maximum Gasteiger partial charge on any atom is 0.238 e. The Morgan fingerprint density at radius 2 is 1.78 bits per heavy atom. The molecule has 6 nitrogen and oxygen atoms in total. The molecule has 1 saturated heterocycles. The van der Waals surface area contributed by atoms with Crippen molar-refractivity contribution in [2.75, 3.05) is 24.2 Å². The SMILES string of the molecule is Nc1cc(NN2CCCCC2)cc(S(N)(=O)=O)c1. The third-order valence-corrected chi connectivity index (χ3v) is 3.79. The number of nitrogens with one attached hydrogen (secondary N) is 1. The second-order valence-corrected chi connectivity index (χ2v) is 6.06. The fourth-order valence-corrected chi connectivity index (χ4v) is 2.63. The number of sulfonamides is 1. The van der Waals surface area contributed by atoms with Crippen LogP contribution >= 0.6 is 0 Å². The smallest absolute Gasteiger partial charge is 0.238 e. The fraction of sp³-hybridized carbons (Fsp3) is 0.455. The van der Waals surface area contributed by atoms with Crippen molar-refractivity contribution >= 4 is 21.4 Å². The number of hydrogen-bond acceptors (Lipinski definition) is 5. The molecule has 1 aromatic carbocycles. The van der Waals surface area contributed by atoms with Gasteiger partial charge in [0.1, 0.15) is 0 Å². The van der Waals surface area contributed by atoms with Gasteiger partial charge in [-0.1, -0.05) is 6.42 Å². The van der Waals surface area contributed by atoms with Gasteiger partial charge in [0, 0.05) is 18.8 Å². The number of nitrogens with two attached hydrogens (primary N) is 2. The summed E-state index contributed by atoms with van der Waals surface area (Å²) in [6.45, 7) is 1.89. The Kier molecular flexibility index (Phi) is 3.74.